The summed E-state index contributed by atoms with van der Waals surface area (Å²) in [7, 11) is 1.87. The zero-order valence-electron chi connectivity index (χ0n) is 14.0. The first kappa shape index (κ1) is 16.5. The number of nitrogens with zero attached hydrogens (tertiary/aromatic N) is 3. The highest BCUT2D eigenvalue weighted by Gasteiger charge is 2.28. The maximum Gasteiger partial charge on any atom is 0.331 e. The van der Waals surface area contributed by atoms with Gasteiger partial charge in [0.2, 0.25) is 0 Å². The molecule has 0 aliphatic rings. The van der Waals surface area contributed by atoms with E-state index in [4.69, 9.17) is 0 Å². The number of aryl methyl sites for hydroxylation is 3. The number of carboxylic acid groups (broad SMARTS) is 1. The van der Waals surface area contributed by atoms with Gasteiger partial charge in [-0.1, -0.05) is 0 Å². The average Bonchev–Trinajstić information content (AvgIpc) is 3.26. The van der Waals surface area contributed by atoms with Crippen molar-refractivity contribution in [2.75, 3.05) is 0 Å². The maximum absolute atomic E-state index is 12.5. The molecule has 0 saturated carbocycles. The van der Waals surface area contributed by atoms with E-state index in [0.29, 0.717) is 22.6 Å². The first-order valence-electron chi connectivity index (χ1n) is 7.60. The van der Waals surface area contributed by atoms with Gasteiger partial charge in [-0.25, -0.2) is 4.79 Å². The fourth-order valence-electron chi connectivity index (χ4n) is 2.75. The van der Waals surface area contributed by atoms with Gasteiger partial charge in [0.15, 0.2) is 6.04 Å². The van der Waals surface area contributed by atoms with Gasteiger partial charge in [-0.15, -0.1) is 0 Å². The second-order valence-corrected chi connectivity index (χ2v) is 5.76. The topological polar surface area (TPSA) is 129 Å². The molecular weight excluding hydrogens is 324 g/mol. The van der Waals surface area contributed by atoms with Gasteiger partial charge in [0, 0.05) is 24.5 Å². The van der Waals surface area contributed by atoms with Gasteiger partial charge in [0.1, 0.15) is 11.4 Å². The molecule has 0 aliphatic heterocycles. The van der Waals surface area contributed by atoms with Crippen LogP contribution < -0.4 is 5.32 Å². The molecule has 1 amide bonds. The second-order valence-electron chi connectivity index (χ2n) is 5.76. The summed E-state index contributed by atoms with van der Waals surface area (Å²) in [6.45, 7) is 3.39. The Morgan fingerprint density at radius 2 is 2.04 bits per heavy atom. The smallest absolute Gasteiger partial charge is 0.331 e. The second kappa shape index (κ2) is 6.27. The van der Waals surface area contributed by atoms with Crippen LogP contribution in [0, 0.1) is 13.8 Å². The van der Waals surface area contributed by atoms with Gasteiger partial charge in [0.25, 0.3) is 5.91 Å². The molecule has 3 aromatic heterocycles. The van der Waals surface area contributed by atoms with E-state index in [2.05, 4.69) is 25.7 Å². The molecule has 4 N–H and O–H groups in total. The molecule has 9 heteroatoms. The molecule has 1 atom stereocenters. The lowest BCUT2D eigenvalue weighted by atomic mass is 10.0. The fourth-order valence-corrected chi connectivity index (χ4v) is 2.75. The Kier molecular flexibility index (Phi) is 4.14. The predicted molar refractivity (Wildman–Crippen MR) is 88.9 cm³/mol. The number of carbonyl (C=O) groups is 2. The zero-order chi connectivity index (χ0) is 18.1. The van der Waals surface area contributed by atoms with Crippen molar-refractivity contribution < 1.29 is 14.7 Å². The number of hydrogen-bond acceptors (Lipinski definition) is 4. The van der Waals surface area contributed by atoms with E-state index in [0.717, 1.165) is 5.69 Å². The quantitative estimate of drug-likeness (QED) is 0.556. The highest BCUT2D eigenvalue weighted by Crippen LogP contribution is 2.21. The summed E-state index contributed by atoms with van der Waals surface area (Å²) in [5.74, 6) is -1.72. The van der Waals surface area contributed by atoms with Crippen molar-refractivity contribution in [3.05, 3.63) is 47.0 Å². The Labute approximate surface area is 143 Å². The van der Waals surface area contributed by atoms with Crippen LogP contribution in [0.5, 0.6) is 0 Å². The van der Waals surface area contributed by atoms with Crippen LogP contribution in [0.2, 0.25) is 0 Å². The molecule has 0 radical (unpaired) electrons. The third-order valence-corrected chi connectivity index (χ3v) is 4.02. The number of carboxylic acids is 1. The van der Waals surface area contributed by atoms with Crippen LogP contribution >= 0.6 is 0 Å². The van der Waals surface area contributed by atoms with Crippen molar-refractivity contribution in [2.24, 2.45) is 7.05 Å². The molecule has 3 heterocycles. The summed E-state index contributed by atoms with van der Waals surface area (Å²) in [5, 5.41) is 25.5. The Bertz CT molecular complexity index is 916. The Morgan fingerprint density at radius 1 is 1.28 bits per heavy atom. The van der Waals surface area contributed by atoms with Gasteiger partial charge in [-0.3, -0.25) is 15.0 Å². The summed E-state index contributed by atoms with van der Waals surface area (Å²) in [5.41, 5.74) is 3.19. The zero-order valence-corrected chi connectivity index (χ0v) is 14.0. The molecule has 25 heavy (non-hydrogen) atoms. The summed E-state index contributed by atoms with van der Waals surface area (Å²) < 4.78 is 1.87. The van der Waals surface area contributed by atoms with E-state index in [-0.39, 0.29) is 5.69 Å². The van der Waals surface area contributed by atoms with Gasteiger partial charge in [0.05, 0.1) is 11.4 Å². The van der Waals surface area contributed by atoms with E-state index in [1.807, 2.05) is 29.9 Å². The Morgan fingerprint density at radius 3 is 2.60 bits per heavy atom. The van der Waals surface area contributed by atoms with Crippen molar-refractivity contribution in [1.82, 2.24) is 30.3 Å². The molecule has 0 saturated heterocycles. The summed E-state index contributed by atoms with van der Waals surface area (Å²) in [4.78, 5) is 24.1. The number of amides is 1. The molecule has 0 spiro atoms. The van der Waals surface area contributed by atoms with E-state index in [1.165, 1.54) is 0 Å². The highest BCUT2D eigenvalue weighted by atomic mass is 16.4. The van der Waals surface area contributed by atoms with Crippen molar-refractivity contribution in [2.45, 2.75) is 19.9 Å². The SMILES string of the molecule is Cc1n[nH]c(C)c1[C@H](NC(=O)c1cc(-c2cccn2C)n[nH]1)C(=O)O. The van der Waals surface area contributed by atoms with Crippen molar-refractivity contribution in [1.29, 1.82) is 0 Å². The molecular formula is C16H18N6O3. The van der Waals surface area contributed by atoms with E-state index < -0.39 is 17.9 Å². The molecule has 3 rings (SSSR count). The Hall–Kier alpha value is -3.36. The number of aromatic amines is 2. The number of aromatic nitrogens is 5. The van der Waals surface area contributed by atoms with E-state index >= 15 is 0 Å². The Balaban J connectivity index is 1.85. The fraction of sp³-hybridized carbons (Fsp3) is 0.250. The minimum Gasteiger partial charge on any atom is -0.479 e. The van der Waals surface area contributed by atoms with Crippen LogP contribution in [-0.4, -0.2) is 41.9 Å². The average molecular weight is 342 g/mol. The largest absolute Gasteiger partial charge is 0.479 e. The predicted octanol–water partition coefficient (Wildman–Crippen LogP) is 1.31. The molecule has 0 bridgehead atoms. The lowest BCUT2D eigenvalue weighted by Gasteiger charge is -2.14. The van der Waals surface area contributed by atoms with Gasteiger partial charge >= 0.3 is 5.97 Å². The normalized spacial score (nSPS) is 12.1. The molecule has 0 unspecified atom stereocenters. The van der Waals surface area contributed by atoms with Crippen molar-refractivity contribution >= 4 is 11.9 Å². The monoisotopic (exact) mass is 342 g/mol. The molecule has 0 aliphatic carbocycles. The van der Waals surface area contributed by atoms with Gasteiger partial charge in [-0.05, 0) is 32.0 Å². The van der Waals surface area contributed by atoms with Crippen molar-refractivity contribution in [3.8, 4) is 11.4 Å². The van der Waals surface area contributed by atoms with Crippen LogP contribution in [0.1, 0.15) is 33.5 Å². The van der Waals surface area contributed by atoms with Crippen molar-refractivity contribution in [3.63, 3.8) is 0 Å². The van der Waals surface area contributed by atoms with Crippen LogP contribution in [0.4, 0.5) is 0 Å². The summed E-state index contributed by atoms with van der Waals surface area (Å²) in [6.07, 6.45) is 1.87. The number of H-pyrrole nitrogens is 2. The molecule has 3 aromatic rings. The number of hydrogen-bond donors (Lipinski definition) is 4. The summed E-state index contributed by atoms with van der Waals surface area (Å²) >= 11 is 0. The number of nitrogens with one attached hydrogen (secondary N) is 3. The van der Waals surface area contributed by atoms with Gasteiger partial charge in [-0.2, -0.15) is 10.2 Å². The lowest BCUT2D eigenvalue weighted by Crippen LogP contribution is -2.34. The summed E-state index contributed by atoms with van der Waals surface area (Å²) in [6, 6.07) is 4.12. The molecule has 9 nitrogen and oxygen atoms in total. The molecule has 0 aromatic carbocycles. The van der Waals surface area contributed by atoms with Crippen LogP contribution in [0.3, 0.4) is 0 Å². The standard InChI is InChI=1S/C16H18N6O3/c1-8-13(9(2)19-18-8)14(16(24)25)17-15(23)11-7-10(20-21-11)12-5-4-6-22(12)3/h4-7,14H,1-3H3,(H,17,23)(H,18,19)(H,20,21)(H,24,25)/t14-/m0/s1. The van der Waals surface area contributed by atoms with E-state index in [9.17, 15) is 14.7 Å². The highest BCUT2D eigenvalue weighted by molar-refractivity contribution is 5.96. The maximum atomic E-state index is 12.5. The first-order valence-corrected chi connectivity index (χ1v) is 7.60. The first-order chi connectivity index (χ1) is 11.9. The number of aliphatic carboxylic acids is 1. The third kappa shape index (κ3) is 3.03. The van der Waals surface area contributed by atoms with Crippen LogP contribution in [0.25, 0.3) is 11.4 Å². The minimum atomic E-state index is -1.20. The molecule has 130 valence electrons. The van der Waals surface area contributed by atoms with Gasteiger partial charge < -0.3 is 15.0 Å². The number of rotatable bonds is 5. The number of carbonyl (C=O) groups excluding carboxylic acids is 1. The molecule has 0 fully saturated rings. The minimum absolute atomic E-state index is 0.182. The lowest BCUT2D eigenvalue weighted by molar-refractivity contribution is -0.139. The third-order valence-electron chi connectivity index (χ3n) is 4.02. The van der Waals surface area contributed by atoms with Crippen LogP contribution in [0.15, 0.2) is 24.4 Å². The van der Waals surface area contributed by atoms with Crippen LogP contribution in [-0.2, 0) is 11.8 Å². The van der Waals surface area contributed by atoms with E-state index in [1.54, 1.807) is 19.9 Å².